The lowest BCUT2D eigenvalue weighted by Gasteiger charge is -2.14. The van der Waals surface area contributed by atoms with Crippen LogP contribution in [0.3, 0.4) is 0 Å². The van der Waals surface area contributed by atoms with E-state index in [1.54, 1.807) is 4.90 Å². The Bertz CT molecular complexity index is 351. The second kappa shape index (κ2) is 9.82. The van der Waals surface area contributed by atoms with Crippen molar-refractivity contribution in [2.45, 2.75) is 53.4 Å². The molecule has 0 unspecified atom stereocenters. The molecule has 0 atom stereocenters. The molecule has 2 heteroatoms. The number of unbranched alkanes of at least 4 members (excludes halogenated alkanes) is 3. The molecule has 0 aliphatic carbocycles. The van der Waals surface area contributed by atoms with E-state index in [4.69, 9.17) is 4.74 Å². The molecule has 114 valence electrons. The van der Waals surface area contributed by atoms with Gasteiger partial charge >= 0.3 is 0 Å². The predicted molar refractivity (Wildman–Crippen MR) is 86.8 cm³/mol. The minimum atomic E-state index is 0.848. The highest BCUT2D eigenvalue weighted by molar-refractivity contribution is 5.32. The van der Waals surface area contributed by atoms with Gasteiger partial charge in [0.15, 0.2) is 0 Å². The molecule has 0 aliphatic rings. The molecule has 0 aromatic heterocycles. The summed E-state index contributed by atoms with van der Waals surface area (Å²) < 4.78 is 5.83. The van der Waals surface area contributed by atoms with E-state index < -0.39 is 0 Å². The minimum Gasteiger partial charge on any atom is -0.494 e. The highest BCUT2D eigenvalue weighted by Gasteiger charge is 2.01. The number of nitrogens with one attached hydrogen (secondary N) is 1. The van der Waals surface area contributed by atoms with Gasteiger partial charge in [-0.15, -0.1) is 0 Å². The van der Waals surface area contributed by atoms with Crippen molar-refractivity contribution >= 4 is 0 Å². The Hall–Kier alpha value is -1.02. The molecule has 1 rings (SSSR count). The van der Waals surface area contributed by atoms with Gasteiger partial charge in [-0.2, -0.15) is 0 Å². The second-order valence-corrected chi connectivity index (χ2v) is 5.79. The van der Waals surface area contributed by atoms with E-state index in [-0.39, 0.29) is 0 Å². The van der Waals surface area contributed by atoms with Gasteiger partial charge in [-0.3, -0.25) is 0 Å². The molecule has 1 aromatic rings. The molecule has 20 heavy (non-hydrogen) atoms. The fourth-order valence-electron chi connectivity index (χ4n) is 2.64. The van der Waals surface area contributed by atoms with E-state index >= 15 is 0 Å². The van der Waals surface area contributed by atoms with E-state index in [2.05, 4.69) is 45.9 Å². The lowest BCUT2D eigenvalue weighted by molar-refractivity contribution is -0.896. The number of ether oxygens (including phenoxy) is 1. The van der Waals surface area contributed by atoms with Gasteiger partial charge in [-0.1, -0.05) is 6.07 Å². The van der Waals surface area contributed by atoms with Crippen LogP contribution in [-0.2, 0) is 0 Å². The Morgan fingerprint density at radius 2 is 1.45 bits per heavy atom. The first-order valence-corrected chi connectivity index (χ1v) is 8.20. The predicted octanol–water partition coefficient (Wildman–Crippen LogP) is 3.17. The molecular weight excluding hydrogens is 246 g/mol. The molecule has 0 spiro atoms. The van der Waals surface area contributed by atoms with Crippen LogP contribution < -0.4 is 9.64 Å². The largest absolute Gasteiger partial charge is 0.494 e. The lowest BCUT2D eigenvalue weighted by atomic mass is 10.1. The van der Waals surface area contributed by atoms with Crippen LogP contribution in [0.1, 0.15) is 50.7 Å². The van der Waals surface area contributed by atoms with Crippen molar-refractivity contribution in [2.24, 2.45) is 0 Å². The summed E-state index contributed by atoms with van der Waals surface area (Å²) in [7, 11) is 0. The Morgan fingerprint density at radius 1 is 0.850 bits per heavy atom. The molecule has 0 saturated carbocycles. The van der Waals surface area contributed by atoms with E-state index in [1.165, 1.54) is 56.4 Å². The molecule has 0 heterocycles. The van der Waals surface area contributed by atoms with Gasteiger partial charge in [-0.25, -0.2) is 0 Å². The van der Waals surface area contributed by atoms with E-state index in [0.717, 1.165) is 12.4 Å². The average molecular weight is 278 g/mol. The topological polar surface area (TPSA) is 13.7 Å². The Morgan fingerprint density at radius 3 is 2.05 bits per heavy atom. The van der Waals surface area contributed by atoms with E-state index in [9.17, 15) is 0 Å². The first-order chi connectivity index (χ1) is 9.65. The maximum atomic E-state index is 5.83. The van der Waals surface area contributed by atoms with Crippen LogP contribution in [0.15, 0.2) is 18.2 Å². The van der Waals surface area contributed by atoms with Gasteiger partial charge in [0.05, 0.1) is 26.2 Å². The van der Waals surface area contributed by atoms with Crippen LogP contribution in [0.2, 0.25) is 0 Å². The van der Waals surface area contributed by atoms with Crippen LogP contribution >= 0.6 is 0 Å². The highest BCUT2D eigenvalue weighted by atomic mass is 16.5. The number of benzene rings is 1. The Balaban J connectivity index is 2.07. The molecule has 0 aliphatic heterocycles. The summed E-state index contributed by atoms with van der Waals surface area (Å²) in [4.78, 5) is 1.72. The molecule has 0 amide bonds. The number of aryl methyl sites for hydroxylation is 2. The summed E-state index contributed by atoms with van der Waals surface area (Å²) in [5.74, 6) is 1.02. The summed E-state index contributed by atoms with van der Waals surface area (Å²) in [5.41, 5.74) is 2.56. The molecule has 0 radical (unpaired) electrons. The van der Waals surface area contributed by atoms with Crippen molar-refractivity contribution in [3.63, 3.8) is 0 Å². The zero-order valence-corrected chi connectivity index (χ0v) is 13.8. The second-order valence-electron chi connectivity index (χ2n) is 5.79. The fourth-order valence-corrected chi connectivity index (χ4v) is 2.64. The molecule has 1 aromatic carbocycles. The van der Waals surface area contributed by atoms with Crippen LogP contribution in [0.25, 0.3) is 0 Å². The molecular formula is C18H32NO+. The van der Waals surface area contributed by atoms with Gasteiger partial charge in [0.1, 0.15) is 5.75 Å². The molecule has 0 fully saturated rings. The van der Waals surface area contributed by atoms with Gasteiger partial charge < -0.3 is 9.64 Å². The van der Waals surface area contributed by atoms with Gasteiger partial charge in [0, 0.05) is 0 Å². The third-order valence-corrected chi connectivity index (χ3v) is 3.89. The fraction of sp³-hybridized carbons (Fsp3) is 0.667. The molecule has 2 nitrogen and oxygen atoms in total. The summed E-state index contributed by atoms with van der Waals surface area (Å²) >= 11 is 0. The van der Waals surface area contributed by atoms with Crippen LogP contribution in [0.4, 0.5) is 0 Å². The van der Waals surface area contributed by atoms with Crippen molar-refractivity contribution in [1.29, 1.82) is 0 Å². The van der Waals surface area contributed by atoms with Gasteiger partial charge in [0.2, 0.25) is 0 Å². The van der Waals surface area contributed by atoms with Gasteiger partial charge in [-0.05, 0) is 76.6 Å². The third-order valence-electron chi connectivity index (χ3n) is 3.89. The molecule has 1 N–H and O–H groups in total. The standard InChI is InChI=1S/C18H31NO/c1-5-19(6-2)11-9-7-8-10-12-20-18-14-16(3)13-17(4)15-18/h13-15H,5-12H2,1-4H3/p+1. The SMILES string of the molecule is CC[NH+](CC)CCCCCCOc1cc(C)cc(C)c1. The Labute approximate surface area is 125 Å². The van der Waals surface area contributed by atoms with Crippen LogP contribution in [0, 0.1) is 13.8 Å². The van der Waals surface area contributed by atoms with E-state index in [0.29, 0.717) is 0 Å². The molecule has 0 bridgehead atoms. The van der Waals surface area contributed by atoms with Crippen molar-refractivity contribution in [3.05, 3.63) is 29.3 Å². The molecule has 0 saturated heterocycles. The maximum absolute atomic E-state index is 5.83. The van der Waals surface area contributed by atoms with Crippen molar-refractivity contribution in [3.8, 4) is 5.75 Å². The zero-order chi connectivity index (χ0) is 14.8. The van der Waals surface area contributed by atoms with Gasteiger partial charge in [0.25, 0.3) is 0 Å². The number of quaternary nitrogens is 1. The quantitative estimate of drug-likeness (QED) is 0.649. The Kier molecular flexibility index (Phi) is 8.36. The highest BCUT2D eigenvalue weighted by Crippen LogP contribution is 2.16. The summed E-state index contributed by atoms with van der Waals surface area (Å²) in [6.07, 6.45) is 5.13. The van der Waals surface area contributed by atoms with E-state index in [1.807, 2.05) is 0 Å². The summed E-state index contributed by atoms with van der Waals surface area (Å²) in [6, 6.07) is 6.43. The number of hydrogen-bond donors (Lipinski definition) is 1. The summed E-state index contributed by atoms with van der Waals surface area (Å²) in [5, 5.41) is 0. The normalized spacial score (nSPS) is 11.1. The number of hydrogen-bond acceptors (Lipinski definition) is 1. The monoisotopic (exact) mass is 278 g/mol. The first kappa shape index (κ1) is 17.0. The maximum Gasteiger partial charge on any atom is 0.119 e. The minimum absolute atomic E-state index is 0.848. The average Bonchev–Trinajstić information content (AvgIpc) is 2.41. The summed E-state index contributed by atoms with van der Waals surface area (Å²) in [6.45, 7) is 13.5. The van der Waals surface area contributed by atoms with Crippen molar-refractivity contribution < 1.29 is 9.64 Å². The van der Waals surface area contributed by atoms with Crippen molar-refractivity contribution in [1.82, 2.24) is 0 Å². The number of rotatable bonds is 10. The van der Waals surface area contributed by atoms with Crippen LogP contribution in [-0.4, -0.2) is 26.2 Å². The zero-order valence-electron chi connectivity index (χ0n) is 13.8. The van der Waals surface area contributed by atoms with Crippen LogP contribution in [0.5, 0.6) is 5.75 Å². The third kappa shape index (κ3) is 6.95. The smallest absolute Gasteiger partial charge is 0.119 e. The first-order valence-electron chi connectivity index (χ1n) is 8.20. The lowest BCUT2D eigenvalue weighted by Crippen LogP contribution is -3.11. The van der Waals surface area contributed by atoms with Crippen molar-refractivity contribution in [2.75, 3.05) is 26.2 Å².